The molecule has 0 atom stereocenters. The Labute approximate surface area is 92.4 Å². The highest BCUT2D eigenvalue weighted by molar-refractivity contribution is 5.36. The van der Waals surface area contributed by atoms with Gasteiger partial charge in [0.2, 0.25) is 0 Å². The van der Waals surface area contributed by atoms with E-state index in [9.17, 15) is 0 Å². The lowest BCUT2D eigenvalue weighted by Gasteiger charge is -2.16. The second-order valence-electron chi connectivity index (χ2n) is 2.51. The van der Waals surface area contributed by atoms with Crippen LogP contribution < -0.4 is 9.47 Å². The smallest absolute Gasteiger partial charge is 0.257 e. The number of aromatic nitrogens is 1. The molecular formula is C12H21NO2. The Morgan fingerprint density at radius 1 is 1.07 bits per heavy atom. The molecule has 1 aromatic rings. The summed E-state index contributed by atoms with van der Waals surface area (Å²) in [6, 6.07) is 1.93. The molecule has 1 aliphatic rings. The molecule has 0 aliphatic carbocycles. The zero-order valence-corrected chi connectivity index (χ0v) is 10.3. The minimum absolute atomic E-state index is 0.600. The van der Waals surface area contributed by atoms with Gasteiger partial charge in [-0.2, -0.15) is 0 Å². The predicted molar refractivity (Wildman–Crippen MR) is 62.7 cm³/mol. The number of pyridine rings is 1. The lowest BCUT2D eigenvalue weighted by molar-refractivity contribution is 0.164. The standard InChI is InChI=1S/C8H9NO2.2C2H6/c1-6-4-7-8(9-5-6)11-3-2-10-7;2*1-2/h4-5H,2-3H2,1H3;2*1-2H3. The summed E-state index contributed by atoms with van der Waals surface area (Å²) in [4.78, 5) is 4.07. The maximum Gasteiger partial charge on any atom is 0.257 e. The van der Waals surface area contributed by atoms with Gasteiger partial charge in [0.25, 0.3) is 5.88 Å². The highest BCUT2D eigenvalue weighted by Gasteiger charge is 2.11. The topological polar surface area (TPSA) is 31.4 Å². The molecule has 1 aromatic heterocycles. The monoisotopic (exact) mass is 211 g/mol. The maximum atomic E-state index is 5.32. The number of rotatable bonds is 0. The fourth-order valence-electron chi connectivity index (χ4n) is 1.03. The molecule has 3 nitrogen and oxygen atoms in total. The van der Waals surface area contributed by atoms with Crippen molar-refractivity contribution < 1.29 is 9.47 Å². The summed E-state index contributed by atoms with van der Waals surface area (Å²) in [6.07, 6.45) is 1.77. The van der Waals surface area contributed by atoms with Gasteiger partial charge in [0.15, 0.2) is 5.75 Å². The fraction of sp³-hybridized carbons (Fsp3) is 0.583. The summed E-state index contributed by atoms with van der Waals surface area (Å²) in [5.41, 5.74) is 1.09. The quantitative estimate of drug-likeness (QED) is 0.660. The molecule has 0 saturated heterocycles. The van der Waals surface area contributed by atoms with E-state index in [1.165, 1.54) is 0 Å². The van der Waals surface area contributed by atoms with Gasteiger partial charge in [-0.05, 0) is 18.6 Å². The van der Waals surface area contributed by atoms with Gasteiger partial charge in [-0.15, -0.1) is 0 Å². The van der Waals surface area contributed by atoms with Crippen molar-refractivity contribution in [1.82, 2.24) is 4.98 Å². The van der Waals surface area contributed by atoms with Crippen LogP contribution in [-0.4, -0.2) is 18.2 Å². The molecule has 0 fully saturated rings. The number of aryl methyl sites for hydroxylation is 1. The molecule has 0 spiro atoms. The molecular weight excluding hydrogens is 190 g/mol. The molecule has 0 saturated carbocycles. The van der Waals surface area contributed by atoms with Crippen molar-refractivity contribution in [2.45, 2.75) is 34.6 Å². The average molecular weight is 211 g/mol. The van der Waals surface area contributed by atoms with Crippen LogP contribution in [-0.2, 0) is 0 Å². The lowest BCUT2D eigenvalue weighted by Crippen LogP contribution is -2.16. The maximum absolute atomic E-state index is 5.32. The van der Waals surface area contributed by atoms with E-state index >= 15 is 0 Å². The van der Waals surface area contributed by atoms with Crippen molar-refractivity contribution in [3.05, 3.63) is 17.8 Å². The summed E-state index contributed by atoms with van der Waals surface area (Å²) < 4.78 is 10.6. The highest BCUT2D eigenvalue weighted by atomic mass is 16.6. The molecule has 0 amide bonds. The Morgan fingerprint density at radius 3 is 2.33 bits per heavy atom. The van der Waals surface area contributed by atoms with E-state index in [1.807, 2.05) is 40.7 Å². The van der Waals surface area contributed by atoms with Crippen molar-refractivity contribution in [3.63, 3.8) is 0 Å². The Morgan fingerprint density at radius 2 is 1.67 bits per heavy atom. The molecule has 0 bridgehead atoms. The Balaban J connectivity index is 0.000000442. The van der Waals surface area contributed by atoms with Gasteiger partial charge in [0.05, 0.1) is 0 Å². The summed E-state index contributed by atoms with van der Waals surface area (Å²) in [5, 5.41) is 0. The van der Waals surface area contributed by atoms with Crippen molar-refractivity contribution in [2.75, 3.05) is 13.2 Å². The third-order valence-electron chi connectivity index (χ3n) is 1.53. The predicted octanol–water partition coefficient (Wildman–Crippen LogP) is 3.21. The first kappa shape index (κ1) is 13.8. The van der Waals surface area contributed by atoms with Crippen molar-refractivity contribution in [3.8, 4) is 11.6 Å². The lowest BCUT2D eigenvalue weighted by atomic mass is 10.3. The number of nitrogens with zero attached hydrogens (tertiary/aromatic N) is 1. The Hall–Kier alpha value is -1.25. The SMILES string of the molecule is CC.CC.Cc1cnc2c(c1)OCCO2. The van der Waals surface area contributed by atoms with Crippen molar-refractivity contribution in [1.29, 1.82) is 0 Å². The zero-order valence-electron chi connectivity index (χ0n) is 10.3. The summed E-state index contributed by atoms with van der Waals surface area (Å²) in [5.74, 6) is 1.37. The molecule has 3 heteroatoms. The molecule has 86 valence electrons. The second kappa shape index (κ2) is 8.09. The van der Waals surface area contributed by atoms with Gasteiger partial charge in [0.1, 0.15) is 13.2 Å². The van der Waals surface area contributed by atoms with E-state index in [0.29, 0.717) is 19.1 Å². The number of ether oxygens (including phenoxy) is 2. The highest BCUT2D eigenvalue weighted by Crippen LogP contribution is 2.27. The number of hydrogen-bond acceptors (Lipinski definition) is 3. The first-order valence-electron chi connectivity index (χ1n) is 5.58. The first-order valence-corrected chi connectivity index (χ1v) is 5.58. The molecule has 0 aromatic carbocycles. The fourth-order valence-corrected chi connectivity index (χ4v) is 1.03. The summed E-state index contributed by atoms with van der Waals surface area (Å²) in [6.45, 7) is 11.2. The minimum atomic E-state index is 0.600. The van der Waals surface area contributed by atoms with E-state index in [-0.39, 0.29) is 0 Å². The van der Waals surface area contributed by atoms with E-state index in [2.05, 4.69) is 4.98 Å². The van der Waals surface area contributed by atoms with E-state index < -0.39 is 0 Å². The van der Waals surface area contributed by atoms with E-state index in [1.54, 1.807) is 6.20 Å². The van der Waals surface area contributed by atoms with E-state index in [0.717, 1.165) is 11.3 Å². The van der Waals surface area contributed by atoms with Gasteiger partial charge in [-0.3, -0.25) is 0 Å². The van der Waals surface area contributed by atoms with Gasteiger partial charge >= 0.3 is 0 Å². The van der Waals surface area contributed by atoms with Gasteiger partial charge in [0, 0.05) is 6.20 Å². The average Bonchev–Trinajstić information content (AvgIpc) is 2.34. The summed E-state index contributed by atoms with van der Waals surface area (Å²) in [7, 11) is 0. The molecule has 2 heterocycles. The minimum Gasteiger partial charge on any atom is -0.484 e. The second-order valence-corrected chi connectivity index (χ2v) is 2.51. The molecule has 1 aliphatic heterocycles. The third-order valence-corrected chi connectivity index (χ3v) is 1.53. The number of hydrogen-bond donors (Lipinski definition) is 0. The van der Waals surface area contributed by atoms with E-state index in [4.69, 9.17) is 9.47 Å². The Bertz CT molecular complexity index is 274. The van der Waals surface area contributed by atoms with Crippen molar-refractivity contribution >= 4 is 0 Å². The molecule has 0 N–H and O–H groups in total. The van der Waals surface area contributed by atoms with Crippen LogP contribution in [0, 0.1) is 6.92 Å². The third kappa shape index (κ3) is 4.19. The molecule has 2 rings (SSSR count). The van der Waals surface area contributed by atoms with Crippen LogP contribution in [0.4, 0.5) is 0 Å². The van der Waals surface area contributed by atoms with Crippen LogP contribution in [0.5, 0.6) is 11.6 Å². The zero-order chi connectivity index (χ0) is 11.7. The molecule has 0 radical (unpaired) electrons. The van der Waals surface area contributed by atoms with Crippen LogP contribution >= 0.6 is 0 Å². The molecule has 0 unspecified atom stereocenters. The molecule has 15 heavy (non-hydrogen) atoms. The first-order chi connectivity index (χ1) is 7.36. The van der Waals surface area contributed by atoms with Gasteiger partial charge in [-0.1, -0.05) is 27.7 Å². The Kier molecular flexibility index (Phi) is 7.42. The normalized spacial score (nSPS) is 11.5. The number of fused-ring (bicyclic) bond motifs is 1. The van der Waals surface area contributed by atoms with Gasteiger partial charge < -0.3 is 9.47 Å². The van der Waals surface area contributed by atoms with Crippen molar-refractivity contribution in [2.24, 2.45) is 0 Å². The van der Waals surface area contributed by atoms with Crippen LogP contribution in [0.3, 0.4) is 0 Å². The van der Waals surface area contributed by atoms with Crippen LogP contribution in [0.15, 0.2) is 12.3 Å². The van der Waals surface area contributed by atoms with Crippen LogP contribution in [0.2, 0.25) is 0 Å². The van der Waals surface area contributed by atoms with Crippen LogP contribution in [0.25, 0.3) is 0 Å². The van der Waals surface area contributed by atoms with Crippen LogP contribution in [0.1, 0.15) is 33.3 Å². The largest absolute Gasteiger partial charge is 0.484 e. The summed E-state index contributed by atoms with van der Waals surface area (Å²) >= 11 is 0. The van der Waals surface area contributed by atoms with Gasteiger partial charge in [-0.25, -0.2) is 4.98 Å².